The van der Waals surface area contributed by atoms with Gasteiger partial charge in [-0.05, 0) is 103 Å². The molecule has 56 heavy (non-hydrogen) atoms. The molecule has 0 amide bonds. The molecule has 1 heterocycles. The van der Waals surface area contributed by atoms with E-state index in [1.165, 1.54) is 66.8 Å². The smallest absolute Gasteiger partial charge is 0.159 e. The number of nitrogens with zero attached hydrogens (tertiary/aromatic N) is 1. The molecule has 0 fully saturated rings. The van der Waals surface area contributed by atoms with Gasteiger partial charge in [0.25, 0.3) is 0 Å². The molecule has 9 aromatic rings. The van der Waals surface area contributed by atoms with Crippen molar-refractivity contribution in [2.75, 3.05) is 4.90 Å². The van der Waals surface area contributed by atoms with E-state index in [2.05, 4.69) is 202 Å². The van der Waals surface area contributed by atoms with Gasteiger partial charge < -0.3 is 9.32 Å². The van der Waals surface area contributed by atoms with Crippen LogP contribution in [-0.4, -0.2) is 0 Å². The molecule has 268 valence electrons. The van der Waals surface area contributed by atoms with Gasteiger partial charge in [-0.3, -0.25) is 0 Å². The highest BCUT2D eigenvalue weighted by atomic mass is 16.3. The van der Waals surface area contributed by atoms with Crippen LogP contribution in [0.15, 0.2) is 180 Å². The third-order valence-corrected chi connectivity index (χ3v) is 12.7. The zero-order valence-electron chi connectivity index (χ0n) is 32.1. The summed E-state index contributed by atoms with van der Waals surface area (Å²) >= 11 is 0. The molecule has 1 aromatic heterocycles. The lowest BCUT2D eigenvalue weighted by atomic mass is 9.78. The van der Waals surface area contributed by atoms with Crippen molar-refractivity contribution >= 4 is 39.0 Å². The molecule has 11 rings (SSSR count). The topological polar surface area (TPSA) is 16.4 Å². The molecule has 0 atom stereocenters. The average molecular weight is 720 g/mol. The number of para-hydroxylation sites is 2. The molecule has 2 aliphatic rings. The van der Waals surface area contributed by atoms with E-state index in [1.54, 1.807) is 0 Å². The van der Waals surface area contributed by atoms with Gasteiger partial charge in [0.2, 0.25) is 0 Å². The first kappa shape index (κ1) is 32.8. The number of benzene rings is 8. The largest absolute Gasteiger partial charge is 0.454 e. The molecular formula is C54H41NO. The van der Waals surface area contributed by atoms with Crippen LogP contribution in [0.1, 0.15) is 49.9 Å². The normalized spacial score (nSPS) is 14.4. The summed E-state index contributed by atoms with van der Waals surface area (Å²) in [5, 5.41) is 2.24. The maximum Gasteiger partial charge on any atom is 0.159 e. The van der Waals surface area contributed by atoms with Crippen LogP contribution in [0.3, 0.4) is 0 Å². The van der Waals surface area contributed by atoms with Crippen molar-refractivity contribution in [3.8, 4) is 44.5 Å². The van der Waals surface area contributed by atoms with Crippen LogP contribution >= 0.6 is 0 Å². The second-order valence-corrected chi connectivity index (χ2v) is 16.5. The van der Waals surface area contributed by atoms with E-state index in [1.807, 2.05) is 6.07 Å². The Labute approximate surface area is 328 Å². The second-order valence-electron chi connectivity index (χ2n) is 16.5. The van der Waals surface area contributed by atoms with Gasteiger partial charge in [-0.1, -0.05) is 167 Å². The highest BCUT2D eigenvalue weighted by Crippen LogP contribution is 2.54. The summed E-state index contributed by atoms with van der Waals surface area (Å²) in [6.07, 6.45) is 0. The third kappa shape index (κ3) is 4.62. The Morgan fingerprint density at radius 3 is 1.70 bits per heavy atom. The van der Waals surface area contributed by atoms with Gasteiger partial charge in [0.1, 0.15) is 5.58 Å². The number of anilines is 3. The van der Waals surface area contributed by atoms with Gasteiger partial charge in [0.15, 0.2) is 5.58 Å². The number of furan rings is 1. The van der Waals surface area contributed by atoms with Gasteiger partial charge in [0, 0.05) is 33.0 Å². The van der Waals surface area contributed by atoms with Crippen LogP contribution in [0.5, 0.6) is 0 Å². The van der Waals surface area contributed by atoms with Crippen molar-refractivity contribution in [2.24, 2.45) is 0 Å². The van der Waals surface area contributed by atoms with Gasteiger partial charge in [-0.2, -0.15) is 0 Å². The Kier molecular flexibility index (Phi) is 6.98. The summed E-state index contributed by atoms with van der Waals surface area (Å²) in [6, 6.07) is 64.4. The van der Waals surface area contributed by atoms with E-state index < -0.39 is 0 Å². The fraction of sp³-hybridized carbons (Fsp3) is 0.111. The van der Waals surface area contributed by atoms with Crippen LogP contribution in [0, 0.1) is 0 Å². The molecule has 0 bridgehead atoms. The van der Waals surface area contributed by atoms with Crippen LogP contribution < -0.4 is 4.90 Å². The van der Waals surface area contributed by atoms with Gasteiger partial charge in [0.05, 0.1) is 5.69 Å². The van der Waals surface area contributed by atoms with Crippen molar-refractivity contribution in [1.82, 2.24) is 0 Å². The first-order chi connectivity index (χ1) is 27.3. The number of hydrogen-bond acceptors (Lipinski definition) is 2. The molecule has 0 radical (unpaired) electrons. The number of rotatable bonds is 5. The van der Waals surface area contributed by atoms with E-state index in [9.17, 15) is 0 Å². The maximum atomic E-state index is 6.68. The zero-order chi connectivity index (χ0) is 37.8. The molecule has 0 unspecified atom stereocenters. The third-order valence-electron chi connectivity index (χ3n) is 12.7. The predicted octanol–water partition coefficient (Wildman–Crippen LogP) is 15.0. The summed E-state index contributed by atoms with van der Waals surface area (Å²) in [5.41, 5.74) is 20.5. The number of hydrogen-bond donors (Lipinski definition) is 0. The van der Waals surface area contributed by atoms with Crippen LogP contribution in [-0.2, 0) is 10.8 Å². The van der Waals surface area contributed by atoms with Gasteiger partial charge in [-0.25, -0.2) is 0 Å². The Hall–Kier alpha value is -6.64. The SMILES string of the molecule is CC1(C)c2ccccc2-c2ccc(N(c3ccc(-c4ccccc4-c4cccc5c4C(C)(C)c4ccccc4-5)cc3)c3cccc4c3oc3ccccc34)cc21. The Morgan fingerprint density at radius 2 is 0.929 bits per heavy atom. The fourth-order valence-corrected chi connectivity index (χ4v) is 10.00. The summed E-state index contributed by atoms with van der Waals surface area (Å²) in [5.74, 6) is 0. The number of fused-ring (bicyclic) bond motifs is 9. The lowest BCUT2D eigenvalue weighted by molar-refractivity contribution is 0.660. The van der Waals surface area contributed by atoms with Gasteiger partial charge >= 0.3 is 0 Å². The molecule has 2 aliphatic carbocycles. The molecule has 0 saturated carbocycles. The minimum absolute atomic E-state index is 0.108. The van der Waals surface area contributed by atoms with Crippen molar-refractivity contribution in [1.29, 1.82) is 0 Å². The van der Waals surface area contributed by atoms with Crippen molar-refractivity contribution in [2.45, 2.75) is 38.5 Å². The van der Waals surface area contributed by atoms with Crippen LogP contribution in [0.4, 0.5) is 17.1 Å². The first-order valence-corrected chi connectivity index (χ1v) is 19.7. The van der Waals surface area contributed by atoms with Crippen molar-refractivity contribution < 1.29 is 4.42 Å². The molecule has 0 spiro atoms. The minimum Gasteiger partial charge on any atom is -0.454 e. The standard InChI is InChI=1S/C54H41NO/c1-53(2)46-23-10-7-17-39(46)41-32-31-36(33-48(41)53)55(49-25-14-22-45-42-19-9-12-26-50(42)56-52(45)49)35-29-27-34(28-30-35)37-15-5-6-16-38(37)43-20-13-21-44-40-18-8-11-24-47(40)54(3,4)51(43)44/h5-33H,1-4H3. The molecule has 0 saturated heterocycles. The Balaban J connectivity index is 1.07. The molecule has 2 heteroatoms. The van der Waals surface area contributed by atoms with Crippen LogP contribution in [0.2, 0.25) is 0 Å². The molecule has 0 N–H and O–H groups in total. The predicted molar refractivity (Wildman–Crippen MR) is 234 cm³/mol. The summed E-state index contributed by atoms with van der Waals surface area (Å²) in [6.45, 7) is 9.43. The van der Waals surface area contributed by atoms with Gasteiger partial charge in [-0.15, -0.1) is 0 Å². The highest BCUT2D eigenvalue weighted by Gasteiger charge is 2.38. The minimum atomic E-state index is -0.125. The molecule has 0 aliphatic heterocycles. The average Bonchev–Trinajstić information content (AvgIpc) is 3.82. The lowest BCUT2D eigenvalue weighted by Crippen LogP contribution is -2.16. The van der Waals surface area contributed by atoms with E-state index in [0.717, 1.165) is 39.0 Å². The summed E-state index contributed by atoms with van der Waals surface area (Å²) in [4.78, 5) is 2.38. The van der Waals surface area contributed by atoms with E-state index in [-0.39, 0.29) is 10.8 Å². The second kappa shape index (κ2) is 11.9. The zero-order valence-corrected chi connectivity index (χ0v) is 32.1. The quantitative estimate of drug-likeness (QED) is 0.176. The Bertz CT molecular complexity index is 3030. The fourth-order valence-electron chi connectivity index (χ4n) is 10.00. The first-order valence-electron chi connectivity index (χ1n) is 19.7. The van der Waals surface area contributed by atoms with E-state index in [4.69, 9.17) is 4.42 Å². The monoisotopic (exact) mass is 719 g/mol. The van der Waals surface area contributed by atoms with E-state index in [0.29, 0.717) is 0 Å². The Morgan fingerprint density at radius 1 is 0.393 bits per heavy atom. The van der Waals surface area contributed by atoms with Crippen LogP contribution in [0.25, 0.3) is 66.4 Å². The lowest BCUT2D eigenvalue weighted by Gasteiger charge is -2.28. The highest BCUT2D eigenvalue weighted by molar-refractivity contribution is 6.10. The summed E-state index contributed by atoms with van der Waals surface area (Å²) < 4.78 is 6.68. The molecule has 8 aromatic carbocycles. The van der Waals surface area contributed by atoms with Crippen molar-refractivity contribution in [3.63, 3.8) is 0 Å². The summed E-state index contributed by atoms with van der Waals surface area (Å²) in [7, 11) is 0. The maximum absolute atomic E-state index is 6.68. The van der Waals surface area contributed by atoms with E-state index >= 15 is 0 Å². The van der Waals surface area contributed by atoms with Crippen molar-refractivity contribution in [3.05, 3.63) is 198 Å². The molecular weight excluding hydrogens is 679 g/mol. The molecule has 2 nitrogen and oxygen atoms in total.